The van der Waals surface area contributed by atoms with E-state index in [0.717, 1.165) is 79.8 Å². The molecule has 2 aliphatic rings. The third-order valence-corrected chi connectivity index (χ3v) is 6.89. The first-order chi connectivity index (χ1) is 15.1. The first-order valence-corrected chi connectivity index (χ1v) is 12.0. The van der Waals surface area contributed by atoms with Crippen LogP contribution in [0, 0.1) is 5.82 Å². The number of likely N-dealkylation sites (N-methyl/N-ethyl adjacent to an activating group) is 1. The minimum Gasteiger partial charge on any atom is -0.483 e. The van der Waals surface area contributed by atoms with E-state index in [1.54, 1.807) is 12.1 Å². The average Bonchev–Trinajstić information content (AvgIpc) is 2.80. The van der Waals surface area contributed by atoms with Gasteiger partial charge in [-0.3, -0.25) is 9.69 Å². The zero-order valence-electron chi connectivity index (χ0n) is 18.1. The van der Waals surface area contributed by atoms with E-state index in [1.807, 2.05) is 28.8 Å². The van der Waals surface area contributed by atoms with Gasteiger partial charge in [-0.1, -0.05) is 18.2 Å². The maximum atomic E-state index is 13.3. The summed E-state index contributed by atoms with van der Waals surface area (Å²) in [5.74, 6) is 2.55. The van der Waals surface area contributed by atoms with Gasteiger partial charge in [0.15, 0.2) is 6.61 Å². The molecule has 2 aromatic rings. The summed E-state index contributed by atoms with van der Waals surface area (Å²) in [4.78, 5) is 19.2. The van der Waals surface area contributed by atoms with Gasteiger partial charge in [0.25, 0.3) is 5.91 Å². The highest BCUT2D eigenvalue weighted by molar-refractivity contribution is 7.99. The number of carbonyl (C=O) groups excluding carboxylic acids is 1. The van der Waals surface area contributed by atoms with Crippen LogP contribution in [0.4, 0.5) is 4.39 Å². The van der Waals surface area contributed by atoms with Crippen molar-refractivity contribution in [1.82, 2.24) is 14.7 Å². The number of nitrogens with zero attached hydrogens (tertiary/aromatic N) is 3. The predicted octanol–water partition coefficient (Wildman–Crippen LogP) is 3.19. The molecule has 2 aromatic carbocycles. The van der Waals surface area contributed by atoms with Crippen LogP contribution < -0.4 is 4.74 Å². The van der Waals surface area contributed by atoms with Gasteiger partial charge in [0.1, 0.15) is 11.6 Å². The highest BCUT2D eigenvalue weighted by atomic mass is 32.2. The molecule has 0 atom stereocenters. The van der Waals surface area contributed by atoms with Gasteiger partial charge in [-0.05, 0) is 42.4 Å². The van der Waals surface area contributed by atoms with Crippen molar-refractivity contribution in [2.75, 3.05) is 64.4 Å². The van der Waals surface area contributed by atoms with Gasteiger partial charge in [0.2, 0.25) is 0 Å². The number of benzene rings is 2. The Hall–Kier alpha value is -2.09. The Balaban J connectivity index is 1.51. The van der Waals surface area contributed by atoms with Crippen LogP contribution in [0.3, 0.4) is 0 Å². The van der Waals surface area contributed by atoms with Crippen molar-refractivity contribution in [3.05, 3.63) is 53.8 Å². The van der Waals surface area contributed by atoms with Crippen molar-refractivity contribution in [1.29, 1.82) is 0 Å². The minimum atomic E-state index is -0.240. The summed E-state index contributed by atoms with van der Waals surface area (Å²) < 4.78 is 19.4. The SMILES string of the molecule is CN1CCN(Cc2cc(-c3ccc(F)cc3)ccc2OCC(=O)N2CCSCC2)CC1. The molecule has 0 spiro atoms. The smallest absolute Gasteiger partial charge is 0.260 e. The van der Waals surface area contributed by atoms with Crippen LogP contribution in [0.15, 0.2) is 42.5 Å². The molecule has 2 heterocycles. The van der Waals surface area contributed by atoms with Crippen molar-refractivity contribution in [3.63, 3.8) is 0 Å². The molecular formula is C24H30FN3O2S. The Kier molecular flexibility index (Phi) is 7.48. The summed E-state index contributed by atoms with van der Waals surface area (Å²) in [7, 11) is 2.14. The quantitative estimate of drug-likeness (QED) is 0.685. The molecule has 0 N–H and O–H groups in total. The fraction of sp³-hybridized carbons (Fsp3) is 0.458. The van der Waals surface area contributed by atoms with Gasteiger partial charge in [-0.2, -0.15) is 11.8 Å². The third-order valence-electron chi connectivity index (χ3n) is 5.94. The van der Waals surface area contributed by atoms with E-state index in [4.69, 9.17) is 4.74 Å². The summed E-state index contributed by atoms with van der Waals surface area (Å²) >= 11 is 1.89. The lowest BCUT2D eigenvalue weighted by Crippen LogP contribution is -2.44. The number of rotatable bonds is 6. The molecule has 5 nitrogen and oxygen atoms in total. The van der Waals surface area contributed by atoms with Crippen LogP contribution in [-0.4, -0.2) is 85.0 Å². The summed E-state index contributed by atoms with van der Waals surface area (Å²) in [6, 6.07) is 12.6. The number of thioether (sulfide) groups is 1. The van der Waals surface area contributed by atoms with E-state index < -0.39 is 0 Å². The lowest BCUT2D eigenvalue weighted by molar-refractivity contribution is -0.133. The number of halogens is 1. The Labute approximate surface area is 188 Å². The largest absolute Gasteiger partial charge is 0.483 e. The second-order valence-electron chi connectivity index (χ2n) is 8.19. The number of amides is 1. The Bertz CT molecular complexity index is 879. The van der Waals surface area contributed by atoms with Gasteiger partial charge < -0.3 is 14.5 Å². The van der Waals surface area contributed by atoms with Crippen LogP contribution in [-0.2, 0) is 11.3 Å². The summed E-state index contributed by atoms with van der Waals surface area (Å²) in [6.07, 6.45) is 0. The molecule has 2 fully saturated rings. The molecular weight excluding hydrogens is 413 g/mol. The predicted molar refractivity (Wildman–Crippen MR) is 124 cm³/mol. The number of piperazine rings is 1. The molecule has 31 heavy (non-hydrogen) atoms. The van der Waals surface area contributed by atoms with Crippen LogP contribution in [0.1, 0.15) is 5.56 Å². The highest BCUT2D eigenvalue weighted by Crippen LogP contribution is 2.28. The second-order valence-corrected chi connectivity index (χ2v) is 9.42. The van der Waals surface area contributed by atoms with Gasteiger partial charge in [0.05, 0.1) is 0 Å². The standard InChI is InChI=1S/C24H30FN3O2S/c1-26-8-10-27(11-9-26)17-21-16-20(19-2-5-22(25)6-3-19)4-7-23(21)30-18-24(29)28-12-14-31-15-13-28/h2-7,16H,8-15,17-18H2,1H3. The highest BCUT2D eigenvalue weighted by Gasteiger charge is 2.20. The zero-order chi connectivity index (χ0) is 21.6. The first-order valence-electron chi connectivity index (χ1n) is 10.9. The van der Waals surface area contributed by atoms with Crippen LogP contribution in [0.2, 0.25) is 0 Å². The Morgan fingerprint density at radius 3 is 2.35 bits per heavy atom. The summed E-state index contributed by atoms with van der Waals surface area (Å²) in [5, 5.41) is 0. The molecule has 1 amide bonds. The van der Waals surface area contributed by atoms with Crippen molar-refractivity contribution in [2.45, 2.75) is 6.54 Å². The van der Waals surface area contributed by atoms with Crippen molar-refractivity contribution < 1.29 is 13.9 Å². The first kappa shape index (κ1) is 22.1. The molecule has 0 radical (unpaired) electrons. The van der Waals surface area contributed by atoms with E-state index in [1.165, 1.54) is 12.1 Å². The monoisotopic (exact) mass is 443 g/mol. The summed E-state index contributed by atoms with van der Waals surface area (Å²) in [5.41, 5.74) is 3.05. The van der Waals surface area contributed by atoms with Gasteiger partial charge >= 0.3 is 0 Å². The fourth-order valence-corrected chi connectivity index (χ4v) is 4.86. The normalized spacial score (nSPS) is 18.2. The second kappa shape index (κ2) is 10.5. The molecule has 166 valence electrons. The number of carbonyl (C=O) groups is 1. The van der Waals surface area contributed by atoms with E-state index >= 15 is 0 Å². The average molecular weight is 444 g/mol. The fourth-order valence-electron chi connectivity index (χ4n) is 3.96. The maximum absolute atomic E-state index is 13.3. The molecule has 4 rings (SSSR count). The lowest BCUT2D eigenvalue weighted by atomic mass is 10.0. The van der Waals surface area contributed by atoms with Crippen molar-refractivity contribution >= 4 is 17.7 Å². The van der Waals surface area contributed by atoms with Crippen molar-refractivity contribution in [3.8, 4) is 16.9 Å². The number of ether oxygens (including phenoxy) is 1. The van der Waals surface area contributed by atoms with Crippen LogP contribution >= 0.6 is 11.8 Å². The minimum absolute atomic E-state index is 0.0495. The number of hydrogen-bond donors (Lipinski definition) is 0. The van der Waals surface area contributed by atoms with Gasteiger partial charge in [-0.25, -0.2) is 4.39 Å². The Morgan fingerprint density at radius 2 is 1.65 bits per heavy atom. The molecule has 7 heteroatoms. The Morgan fingerprint density at radius 1 is 0.968 bits per heavy atom. The molecule has 0 aromatic heterocycles. The van der Waals surface area contributed by atoms with E-state index in [0.29, 0.717) is 0 Å². The van der Waals surface area contributed by atoms with Gasteiger partial charge in [0, 0.05) is 62.9 Å². The molecule has 2 aliphatic heterocycles. The van der Waals surface area contributed by atoms with Crippen LogP contribution in [0.25, 0.3) is 11.1 Å². The summed E-state index contributed by atoms with van der Waals surface area (Å²) in [6.45, 7) is 6.51. The third kappa shape index (κ3) is 5.99. The molecule has 0 bridgehead atoms. The van der Waals surface area contributed by atoms with Crippen LogP contribution in [0.5, 0.6) is 5.75 Å². The maximum Gasteiger partial charge on any atom is 0.260 e. The molecule has 0 unspecified atom stereocenters. The van der Waals surface area contributed by atoms with E-state index in [2.05, 4.69) is 22.9 Å². The molecule has 0 saturated carbocycles. The van der Waals surface area contributed by atoms with Crippen molar-refractivity contribution in [2.24, 2.45) is 0 Å². The number of hydrogen-bond acceptors (Lipinski definition) is 5. The van der Waals surface area contributed by atoms with Gasteiger partial charge in [-0.15, -0.1) is 0 Å². The van der Waals surface area contributed by atoms with E-state index in [-0.39, 0.29) is 18.3 Å². The van der Waals surface area contributed by atoms with E-state index in [9.17, 15) is 9.18 Å². The lowest BCUT2D eigenvalue weighted by Gasteiger charge is -2.32. The molecule has 0 aliphatic carbocycles. The zero-order valence-corrected chi connectivity index (χ0v) is 18.9. The topological polar surface area (TPSA) is 36.0 Å². The molecule has 2 saturated heterocycles.